The second-order valence-corrected chi connectivity index (χ2v) is 4.47. The highest BCUT2D eigenvalue weighted by Crippen LogP contribution is 2.29. The van der Waals surface area contributed by atoms with E-state index in [9.17, 15) is 19.7 Å². The van der Waals surface area contributed by atoms with E-state index in [2.05, 4.69) is 19.2 Å². The summed E-state index contributed by atoms with van der Waals surface area (Å²) in [4.78, 5) is 31.7. The number of ketones is 1. The fourth-order valence-corrected chi connectivity index (χ4v) is 1.77. The molecule has 1 aromatic rings. The van der Waals surface area contributed by atoms with Crippen LogP contribution in [0.2, 0.25) is 0 Å². The SMILES string of the molecule is CCCC.O=CC(=O)C1NCc2ccc([N+](=O)[O-])cc21. The molecule has 0 radical (unpaired) electrons. The van der Waals surface area contributed by atoms with Crippen molar-refractivity contribution in [3.63, 3.8) is 0 Å². The lowest BCUT2D eigenvalue weighted by atomic mass is 10.0. The van der Waals surface area contributed by atoms with Crippen LogP contribution in [-0.2, 0) is 16.1 Å². The number of nitrogens with one attached hydrogen (secondary N) is 1. The van der Waals surface area contributed by atoms with Gasteiger partial charge in [0.2, 0.25) is 5.78 Å². The number of hydrogen-bond acceptors (Lipinski definition) is 5. The van der Waals surface area contributed by atoms with Crippen LogP contribution in [0.5, 0.6) is 0 Å². The van der Waals surface area contributed by atoms with Crippen molar-refractivity contribution >= 4 is 17.8 Å². The maximum atomic E-state index is 11.3. The average Bonchev–Trinajstić information content (AvgIpc) is 2.89. The minimum atomic E-state index is -0.743. The zero-order chi connectivity index (χ0) is 15.1. The lowest BCUT2D eigenvalue weighted by molar-refractivity contribution is -0.384. The van der Waals surface area contributed by atoms with Crippen molar-refractivity contribution in [3.05, 3.63) is 39.4 Å². The zero-order valence-electron chi connectivity index (χ0n) is 11.6. The van der Waals surface area contributed by atoms with E-state index in [1.165, 1.54) is 25.0 Å². The average molecular weight is 278 g/mol. The summed E-state index contributed by atoms with van der Waals surface area (Å²) in [7, 11) is 0. The first-order chi connectivity index (χ1) is 9.54. The first kappa shape index (κ1) is 16.0. The molecule has 1 heterocycles. The Morgan fingerprint density at radius 2 is 2.10 bits per heavy atom. The number of nitro benzene ring substituents is 1. The molecule has 2 rings (SSSR count). The molecule has 0 amide bonds. The van der Waals surface area contributed by atoms with Crippen molar-refractivity contribution < 1.29 is 14.5 Å². The van der Waals surface area contributed by atoms with Gasteiger partial charge in [0.15, 0.2) is 6.29 Å². The van der Waals surface area contributed by atoms with Crippen LogP contribution in [0.4, 0.5) is 5.69 Å². The fraction of sp³-hybridized carbons (Fsp3) is 0.429. The Labute approximate surface area is 117 Å². The fourth-order valence-electron chi connectivity index (χ4n) is 1.77. The van der Waals surface area contributed by atoms with Gasteiger partial charge in [-0.15, -0.1) is 0 Å². The van der Waals surface area contributed by atoms with Crippen LogP contribution in [0.25, 0.3) is 0 Å². The second kappa shape index (κ2) is 7.49. The molecule has 1 aromatic carbocycles. The molecule has 0 spiro atoms. The number of fused-ring (bicyclic) bond motifs is 1. The normalized spacial score (nSPS) is 15.8. The maximum absolute atomic E-state index is 11.3. The van der Waals surface area contributed by atoms with Crippen LogP contribution >= 0.6 is 0 Å². The predicted octanol–water partition coefficient (Wildman–Crippen LogP) is 2.31. The van der Waals surface area contributed by atoms with Crippen molar-refractivity contribution in [3.8, 4) is 0 Å². The van der Waals surface area contributed by atoms with Crippen molar-refractivity contribution in [2.75, 3.05) is 0 Å². The van der Waals surface area contributed by atoms with Gasteiger partial charge in [0.05, 0.1) is 4.92 Å². The van der Waals surface area contributed by atoms with Gasteiger partial charge in [0.1, 0.15) is 6.04 Å². The third-order valence-corrected chi connectivity index (χ3v) is 3.05. The summed E-state index contributed by atoms with van der Waals surface area (Å²) in [6, 6.07) is 3.57. The first-order valence-electron chi connectivity index (χ1n) is 6.54. The van der Waals surface area contributed by atoms with Crippen molar-refractivity contribution in [2.24, 2.45) is 0 Å². The topological polar surface area (TPSA) is 89.3 Å². The Kier molecular flexibility index (Phi) is 5.99. The van der Waals surface area contributed by atoms with Crippen molar-refractivity contribution in [2.45, 2.75) is 39.3 Å². The van der Waals surface area contributed by atoms with Gasteiger partial charge in [-0.05, 0) is 11.1 Å². The molecule has 1 aliphatic rings. The monoisotopic (exact) mass is 278 g/mol. The summed E-state index contributed by atoms with van der Waals surface area (Å²) in [5, 5.41) is 13.4. The first-order valence-corrected chi connectivity index (χ1v) is 6.54. The summed E-state index contributed by atoms with van der Waals surface area (Å²) < 4.78 is 0. The number of Topliss-reactive ketones (excluding diaryl/α,β-unsaturated/α-hetero) is 1. The van der Waals surface area contributed by atoms with Gasteiger partial charge in [-0.1, -0.05) is 32.8 Å². The van der Waals surface area contributed by atoms with Gasteiger partial charge in [0.25, 0.3) is 5.69 Å². The Bertz CT molecular complexity index is 512. The van der Waals surface area contributed by atoms with E-state index in [0.29, 0.717) is 12.1 Å². The van der Waals surface area contributed by atoms with E-state index in [-0.39, 0.29) is 12.0 Å². The standard InChI is InChI=1S/C10H8N2O4.C4H10/c13-5-9(14)10-8-3-7(12(15)16)2-1-6(8)4-11-10;1-3-4-2/h1-3,5,10-11H,4H2;3-4H2,1-2H3. The molecule has 0 aliphatic carbocycles. The van der Waals surface area contributed by atoms with Crippen LogP contribution in [0.15, 0.2) is 18.2 Å². The molecule has 1 N–H and O–H groups in total. The number of aldehydes is 1. The summed E-state index contributed by atoms with van der Waals surface area (Å²) in [5.41, 5.74) is 1.25. The van der Waals surface area contributed by atoms with Crippen molar-refractivity contribution in [1.29, 1.82) is 0 Å². The van der Waals surface area contributed by atoms with Gasteiger partial charge in [-0.3, -0.25) is 25.0 Å². The minimum absolute atomic E-state index is 0.0776. The van der Waals surface area contributed by atoms with E-state index in [0.717, 1.165) is 5.56 Å². The molecule has 1 unspecified atom stereocenters. The molecular formula is C14H18N2O4. The van der Waals surface area contributed by atoms with Gasteiger partial charge in [0, 0.05) is 18.7 Å². The number of nitro groups is 1. The molecular weight excluding hydrogens is 260 g/mol. The number of unbranched alkanes of at least 4 members (excludes halogenated alkanes) is 1. The third-order valence-electron chi connectivity index (χ3n) is 3.05. The predicted molar refractivity (Wildman–Crippen MR) is 74.3 cm³/mol. The number of carbonyl (C=O) groups excluding carboxylic acids is 2. The molecule has 0 aromatic heterocycles. The molecule has 1 atom stereocenters. The van der Waals surface area contributed by atoms with Gasteiger partial charge in [-0.2, -0.15) is 0 Å². The van der Waals surface area contributed by atoms with Gasteiger partial charge < -0.3 is 0 Å². The highest BCUT2D eigenvalue weighted by molar-refractivity contribution is 6.27. The molecule has 0 saturated heterocycles. The Balaban J connectivity index is 0.000000444. The highest BCUT2D eigenvalue weighted by Gasteiger charge is 2.29. The Morgan fingerprint density at radius 3 is 2.60 bits per heavy atom. The Morgan fingerprint density at radius 1 is 1.45 bits per heavy atom. The maximum Gasteiger partial charge on any atom is 0.269 e. The minimum Gasteiger partial charge on any atom is -0.299 e. The van der Waals surface area contributed by atoms with E-state index in [4.69, 9.17) is 0 Å². The van der Waals surface area contributed by atoms with E-state index >= 15 is 0 Å². The van der Waals surface area contributed by atoms with Crippen molar-refractivity contribution in [1.82, 2.24) is 5.32 Å². The van der Waals surface area contributed by atoms with Crippen LogP contribution in [0.3, 0.4) is 0 Å². The van der Waals surface area contributed by atoms with Crippen LogP contribution in [0.1, 0.15) is 43.9 Å². The van der Waals surface area contributed by atoms with E-state index in [1.807, 2.05) is 0 Å². The number of non-ortho nitro benzene ring substituents is 1. The molecule has 6 nitrogen and oxygen atoms in total. The summed E-state index contributed by atoms with van der Waals surface area (Å²) in [6.07, 6.45) is 2.87. The molecule has 6 heteroatoms. The van der Waals surface area contributed by atoms with Crippen LogP contribution in [-0.4, -0.2) is 17.0 Å². The summed E-state index contributed by atoms with van der Waals surface area (Å²) in [6.45, 7) is 4.80. The largest absolute Gasteiger partial charge is 0.299 e. The summed E-state index contributed by atoms with van der Waals surface area (Å²) in [5.74, 6) is -0.612. The molecule has 0 fully saturated rings. The quantitative estimate of drug-likeness (QED) is 0.395. The highest BCUT2D eigenvalue weighted by atomic mass is 16.6. The molecule has 20 heavy (non-hydrogen) atoms. The van der Waals surface area contributed by atoms with E-state index in [1.54, 1.807) is 6.07 Å². The third kappa shape index (κ3) is 3.71. The summed E-state index contributed by atoms with van der Waals surface area (Å²) >= 11 is 0. The molecule has 0 bridgehead atoms. The number of nitrogens with zero attached hydrogens (tertiary/aromatic N) is 1. The number of rotatable bonds is 4. The smallest absolute Gasteiger partial charge is 0.269 e. The number of benzene rings is 1. The molecule has 0 saturated carbocycles. The Hall–Kier alpha value is -2.08. The number of carbonyl (C=O) groups is 2. The lowest BCUT2D eigenvalue weighted by Gasteiger charge is -2.05. The second-order valence-electron chi connectivity index (χ2n) is 4.47. The zero-order valence-corrected chi connectivity index (χ0v) is 11.6. The van der Waals surface area contributed by atoms with E-state index < -0.39 is 16.7 Å². The van der Waals surface area contributed by atoms with Gasteiger partial charge in [-0.25, -0.2) is 0 Å². The van der Waals surface area contributed by atoms with Crippen LogP contribution < -0.4 is 5.32 Å². The van der Waals surface area contributed by atoms with Crippen LogP contribution in [0, 0.1) is 10.1 Å². The molecule has 1 aliphatic heterocycles. The number of hydrogen-bond donors (Lipinski definition) is 1. The lowest BCUT2D eigenvalue weighted by Crippen LogP contribution is -2.22. The molecule has 108 valence electrons. The van der Waals surface area contributed by atoms with Gasteiger partial charge >= 0.3 is 0 Å².